The summed E-state index contributed by atoms with van der Waals surface area (Å²) >= 11 is 0. The molecule has 30 heavy (non-hydrogen) atoms. The molecule has 164 valence electrons. The van der Waals surface area contributed by atoms with Crippen LogP contribution < -0.4 is 11.1 Å². The van der Waals surface area contributed by atoms with E-state index in [1.54, 1.807) is 6.07 Å². The fraction of sp³-hybridized carbons (Fsp3) is 0.333. The standard InChI is InChI=1S/C21H25FN4O2.2ClH/c1-12(2)26-19-8-6-15(22)10-18(19)24-20(26)14-5-7-17(13(3)9-14)25-21(27)16(23)11-28-4;;/h5-10,12,16H,11,23H2,1-4H3,(H,25,27);2*1H. The summed E-state index contributed by atoms with van der Waals surface area (Å²) in [5, 5.41) is 2.82. The Morgan fingerprint density at radius 2 is 1.93 bits per heavy atom. The minimum atomic E-state index is -0.732. The highest BCUT2D eigenvalue weighted by atomic mass is 35.5. The molecule has 0 saturated heterocycles. The van der Waals surface area contributed by atoms with Gasteiger partial charge in [0, 0.05) is 30.5 Å². The second kappa shape index (κ2) is 10.7. The summed E-state index contributed by atoms with van der Waals surface area (Å²) < 4.78 is 20.6. The first kappa shape index (κ1) is 25.8. The van der Waals surface area contributed by atoms with Crippen LogP contribution in [0.5, 0.6) is 0 Å². The largest absolute Gasteiger partial charge is 0.383 e. The number of nitrogens with zero attached hydrogens (tertiary/aromatic N) is 2. The lowest BCUT2D eigenvalue weighted by Gasteiger charge is -2.16. The fourth-order valence-electron chi connectivity index (χ4n) is 3.22. The zero-order chi connectivity index (χ0) is 20.4. The maximum Gasteiger partial charge on any atom is 0.243 e. The number of carbonyl (C=O) groups excluding carboxylic acids is 1. The number of aromatic nitrogens is 2. The third kappa shape index (κ3) is 5.29. The zero-order valence-corrected chi connectivity index (χ0v) is 18.9. The molecule has 0 aliphatic rings. The van der Waals surface area contributed by atoms with E-state index in [9.17, 15) is 9.18 Å². The molecule has 1 atom stereocenters. The third-order valence-electron chi connectivity index (χ3n) is 4.59. The Hall–Kier alpha value is -2.19. The Balaban J connectivity index is 0.00000225. The van der Waals surface area contributed by atoms with E-state index < -0.39 is 6.04 Å². The number of ether oxygens (including phenoxy) is 1. The van der Waals surface area contributed by atoms with Crippen molar-refractivity contribution in [3.8, 4) is 11.4 Å². The van der Waals surface area contributed by atoms with E-state index in [2.05, 4.69) is 28.7 Å². The maximum absolute atomic E-state index is 13.6. The van der Waals surface area contributed by atoms with Crippen LogP contribution in [0.1, 0.15) is 25.5 Å². The maximum atomic E-state index is 13.6. The molecule has 1 aromatic heterocycles. The summed E-state index contributed by atoms with van der Waals surface area (Å²) in [5.74, 6) is 0.143. The summed E-state index contributed by atoms with van der Waals surface area (Å²) in [6.45, 7) is 6.18. The van der Waals surface area contributed by atoms with Gasteiger partial charge in [-0.15, -0.1) is 24.8 Å². The molecule has 1 heterocycles. The van der Waals surface area contributed by atoms with Crippen LogP contribution in [0.4, 0.5) is 10.1 Å². The molecule has 0 saturated carbocycles. The normalized spacial score (nSPS) is 11.7. The molecule has 0 bridgehead atoms. The van der Waals surface area contributed by atoms with E-state index in [1.807, 2.05) is 25.1 Å². The van der Waals surface area contributed by atoms with Crippen molar-refractivity contribution in [2.45, 2.75) is 32.9 Å². The molecule has 3 N–H and O–H groups in total. The predicted octanol–water partition coefficient (Wildman–Crippen LogP) is 4.49. The number of aryl methyl sites for hydroxylation is 1. The lowest BCUT2D eigenvalue weighted by Crippen LogP contribution is -2.39. The minimum absolute atomic E-state index is 0. The van der Waals surface area contributed by atoms with E-state index >= 15 is 0 Å². The molecular weight excluding hydrogens is 430 g/mol. The second-order valence-corrected chi connectivity index (χ2v) is 7.11. The van der Waals surface area contributed by atoms with Crippen molar-refractivity contribution in [3.63, 3.8) is 0 Å². The highest BCUT2D eigenvalue weighted by molar-refractivity contribution is 5.95. The van der Waals surface area contributed by atoms with Crippen LogP contribution >= 0.6 is 24.8 Å². The molecule has 1 unspecified atom stereocenters. The smallest absolute Gasteiger partial charge is 0.243 e. The number of nitrogens with two attached hydrogens (primary N) is 1. The first-order valence-corrected chi connectivity index (χ1v) is 9.15. The van der Waals surface area contributed by atoms with Crippen molar-refractivity contribution < 1.29 is 13.9 Å². The number of benzene rings is 2. The van der Waals surface area contributed by atoms with Gasteiger partial charge in [-0.2, -0.15) is 0 Å². The van der Waals surface area contributed by atoms with E-state index in [1.165, 1.54) is 19.2 Å². The monoisotopic (exact) mass is 456 g/mol. The number of rotatable bonds is 6. The molecule has 0 radical (unpaired) electrons. The van der Waals surface area contributed by atoms with E-state index in [0.717, 1.165) is 22.5 Å². The first-order chi connectivity index (χ1) is 13.3. The second-order valence-electron chi connectivity index (χ2n) is 7.11. The van der Waals surface area contributed by atoms with E-state index in [0.29, 0.717) is 11.2 Å². The Labute approximate surface area is 187 Å². The van der Waals surface area contributed by atoms with Crippen molar-refractivity contribution in [1.82, 2.24) is 9.55 Å². The van der Waals surface area contributed by atoms with Crippen molar-refractivity contribution >= 4 is 47.4 Å². The number of hydrogen-bond acceptors (Lipinski definition) is 4. The van der Waals surface area contributed by atoms with Gasteiger partial charge in [0.25, 0.3) is 0 Å². The lowest BCUT2D eigenvalue weighted by molar-refractivity contribution is -0.118. The third-order valence-corrected chi connectivity index (χ3v) is 4.59. The number of halogens is 3. The van der Waals surface area contributed by atoms with Crippen LogP contribution in [-0.2, 0) is 9.53 Å². The number of methoxy groups -OCH3 is 1. The lowest BCUT2D eigenvalue weighted by atomic mass is 10.1. The van der Waals surface area contributed by atoms with Gasteiger partial charge < -0.3 is 20.4 Å². The van der Waals surface area contributed by atoms with Gasteiger partial charge in [-0.25, -0.2) is 9.37 Å². The number of fused-ring (bicyclic) bond motifs is 1. The first-order valence-electron chi connectivity index (χ1n) is 9.15. The van der Waals surface area contributed by atoms with Crippen molar-refractivity contribution in [2.75, 3.05) is 19.0 Å². The van der Waals surface area contributed by atoms with E-state index in [-0.39, 0.29) is 49.2 Å². The molecule has 3 rings (SSSR count). The average molecular weight is 457 g/mol. The van der Waals surface area contributed by atoms with Crippen molar-refractivity contribution in [1.29, 1.82) is 0 Å². The number of anilines is 1. The van der Waals surface area contributed by atoms with Gasteiger partial charge in [-0.3, -0.25) is 4.79 Å². The highest BCUT2D eigenvalue weighted by Gasteiger charge is 2.18. The Morgan fingerprint density at radius 1 is 1.23 bits per heavy atom. The van der Waals surface area contributed by atoms with Crippen molar-refractivity contribution in [3.05, 3.63) is 47.8 Å². The molecule has 0 aliphatic heterocycles. The fourth-order valence-corrected chi connectivity index (χ4v) is 3.22. The van der Waals surface area contributed by atoms with Gasteiger partial charge in [-0.1, -0.05) is 0 Å². The van der Waals surface area contributed by atoms with Crippen LogP contribution in [0.3, 0.4) is 0 Å². The van der Waals surface area contributed by atoms with Crippen LogP contribution in [0.2, 0.25) is 0 Å². The predicted molar refractivity (Wildman–Crippen MR) is 123 cm³/mol. The Bertz CT molecular complexity index is 1020. The average Bonchev–Trinajstić information content (AvgIpc) is 3.02. The van der Waals surface area contributed by atoms with Gasteiger partial charge >= 0.3 is 0 Å². The summed E-state index contributed by atoms with van der Waals surface area (Å²) in [7, 11) is 1.50. The topological polar surface area (TPSA) is 82.2 Å². The summed E-state index contributed by atoms with van der Waals surface area (Å²) in [6.07, 6.45) is 0. The SMILES string of the molecule is COCC(N)C(=O)Nc1ccc(-c2nc3cc(F)ccc3n2C(C)C)cc1C.Cl.Cl. The van der Waals surface area contributed by atoms with Gasteiger partial charge in [0.05, 0.1) is 17.6 Å². The van der Waals surface area contributed by atoms with Gasteiger partial charge in [0.15, 0.2) is 0 Å². The number of hydrogen-bond donors (Lipinski definition) is 2. The molecule has 9 heteroatoms. The molecule has 0 spiro atoms. The zero-order valence-electron chi connectivity index (χ0n) is 17.3. The van der Waals surface area contributed by atoms with Crippen LogP contribution in [0, 0.1) is 12.7 Å². The Kier molecular flexibility index (Phi) is 9.24. The molecular formula is C21H27Cl2FN4O2. The van der Waals surface area contributed by atoms with Crippen molar-refractivity contribution in [2.24, 2.45) is 5.73 Å². The van der Waals surface area contributed by atoms with Crippen LogP contribution in [-0.4, -0.2) is 35.2 Å². The summed E-state index contributed by atoms with van der Waals surface area (Å²) in [4.78, 5) is 16.8. The molecule has 0 aliphatic carbocycles. The number of imidazole rings is 1. The summed E-state index contributed by atoms with van der Waals surface area (Å²) in [6, 6.07) is 9.72. The highest BCUT2D eigenvalue weighted by Crippen LogP contribution is 2.30. The number of carbonyl (C=O) groups is 1. The Morgan fingerprint density at radius 3 is 2.53 bits per heavy atom. The molecule has 6 nitrogen and oxygen atoms in total. The van der Waals surface area contributed by atoms with Gasteiger partial charge in [0.2, 0.25) is 5.91 Å². The van der Waals surface area contributed by atoms with Crippen LogP contribution in [0.15, 0.2) is 36.4 Å². The quantitative estimate of drug-likeness (QED) is 0.572. The molecule has 0 fully saturated rings. The van der Waals surface area contributed by atoms with Gasteiger partial charge in [-0.05, 0) is 56.7 Å². The molecule has 1 amide bonds. The van der Waals surface area contributed by atoms with Gasteiger partial charge in [0.1, 0.15) is 17.7 Å². The summed E-state index contributed by atoms with van der Waals surface area (Å²) in [5.41, 5.74) is 9.72. The molecule has 2 aromatic carbocycles. The minimum Gasteiger partial charge on any atom is -0.383 e. The number of nitrogens with one attached hydrogen (secondary N) is 1. The van der Waals surface area contributed by atoms with E-state index in [4.69, 9.17) is 10.5 Å². The van der Waals surface area contributed by atoms with Crippen LogP contribution in [0.25, 0.3) is 22.4 Å². The molecule has 3 aromatic rings. The number of amides is 1.